The molecule has 0 spiro atoms. The van der Waals surface area contributed by atoms with E-state index >= 15 is 0 Å². The summed E-state index contributed by atoms with van der Waals surface area (Å²) in [7, 11) is 2.11. The van der Waals surface area contributed by atoms with Gasteiger partial charge in [-0.1, -0.05) is 44.2 Å². The third-order valence-corrected chi connectivity index (χ3v) is 4.58. The van der Waals surface area contributed by atoms with E-state index in [-0.39, 0.29) is 0 Å². The molecule has 3 nitrogen and oxygen atoms in total. The van der Waals surface area contributed by atoms with Gasteiger partial charge in [0.1, 0.15) is 0 Å². The van der Waals surface area contributed by atoms with E-state index in [9.17, 15) is 0 Å². The van der Waals surface area contributed by atoms with Gasteiger partial charge in [0.05, 0.1) is 5.69 Å². The second-order valence-electron chi connectivity index (χ2n) is 5.87. The predicted octanol–water partition coefficient (Wildman–Crippen LogP) is 3.83. The van der Waals surface area contributed by atoms with Crippen molar-refractivity contribution in [3.63, 3.8) is 0 Å². The summed E-state index contributed by atoms with van der Waals surface area (Å²) in [5.74, 6) is 0.679. The minimum atomic E-state index is 0.679. The molecule has 1 heterocycles. The third-order valence-electron chi connectivity index (χ3n) is 3.31. The number of rotatable bonds is 7. The number of aromatic nitrogens is 1. The zero-order valence-corrected chi connectivity index (χ0v) is 14.2. The van der Waals surface area contributed by atoms with Gasteiger partial charge in [-0.05, 0) is 24.9 Å². The van der Waals surface area contributed by atoms with Crippen LogP contribution in [0.1, 0.15) is 30.0 Å². The van der Waals surface area contributed by atoms with Gasteiger partial charge in [0, 0.05) is 25.0 Å². The van der Waals surface area contributed by atoms with E-state index in [1.807, 2.05) is 0 Å². The van der Waals surface area contributed by atoms with Crippen LogP contribution in [-0.4, -0.2) is 18.6 Å². The Morgan fingerprint density at radius 3 is 2.62 bits per heavy atom. The summed E-state index contributed by atoms with van der Waals surface area (Å²) in [4.78, 5) is 8.27. The molecule has 0 aliphatic rings. The summed E-state index contributed by atoms with van der Waals surface area (Å²) >= 11 is 1.79. The first-order valence-corrected chi connectivity index (χ1v) is 8.30. The molecular weight excluding hydrogens is 278 g/mol. The van der Waals surface area contributed by atoms with Crippen molar-refractivity contribution in [2.45, 2.75) is 33.9 Å². The summed E-state index contributed by atoms with van der Waals surface area (Å²) in [6.45, 7) is 9.42. The van der Waals surface area contributed by atoms with Gasteiger partial charge in [-0.15, -0.1) is 11.3 Å². The maximum absolute atomic E-state index is 4.71. The average molecular weight is 303 g/mol. The van der Waals surface area contributed by atoms with Crippen molar-refractivity contribution in [1.82, 2.24) is 10.3 Å². The van der Waals surface area contributed by atoms with E-state index in [0.717, 1.165) is 30.5 Å². The Bertz CT molecular complexity index is 548. The molecule has 21 heavy (non-hydrogen) atoms. The zero-order valence-electron chi connectivity index (χ0n) is 13.4. The highest BCUT2D eigenvalue weighted by atomic mass is 32.1. The molecule has 0 bridgehead atoms. The molecule has 0 atom stereocenters. The van der Waals surface area contributed by atoms with E-state index in [4.69, 9.17) is 4.98 Å². The van der Waals surface area contributed by atoms with Gasteiger partial charge in [-0.25, -0.2) is 4.98 Å². The monoisotopic (exact) mass is 303 g/mol. The molecule has 0 saturated carbocycles. The Morgan fingerprint density at radius 1 is 1.24 bits per heavy atom. The molecular formula is C17H25N3S. The van der Waals surface area contributed by atoms with Crippen LogP contribution in [0.25, 0.3) is 0 Å². The number of anilines is 1. The molecule has 0 unspecified atom stereocenters. The van der Waals surface area contributed by atoms with Crippen molar-refractivity contribution in [1.29, 1.82) is 0 Å². The lowest BCUT2D eigenvalue weighted by Gasteiger charge is -2.15. The molecule has 4 heteroatoms. The number of benzene rings is 1. The lowest BCUT2D eigenvalue weighted by atomic mass is 10.2. The fourth-order valence-corrected chi connectivity index (χ4v) is 3.13. The van der Waals surface area contributed by atoms with Crippen LogP contribution in [-0.2, 0) is 13.1 Å². The van der Waals surface area contributed by atoms with Gasteiger partial charge in [-0.2, -0.15) is 0 Å². The van der Waals surface area contributed by atoms with Crippen LogP contribution in [0.3, 0.4) is 0 Å². The first-order valence-electron chi connectivity index (χ1n) is 7.48. The van der Waals surface area contributed by atoms with Crippen LogP contribution < -0.4 is 10.2 Å². The fourth-order valence-electron chi connectivity index (χ4n) is 2.14. The standard InChI is InChI=1S/C17H25N3S/c1-13(2)10-18-11-16-14(3)19-17(21-16)20(4)12-15-8-6-5-7-9-15/h5-9,13,18H,10-12H2,1-4H3. The third kappa shape index (κ3) is 4.83. The Kier molecular flexibility index (Phi) is 5.76. The smallest absolute Gasteiger partial charge is 0.185 e. The molecule has 0 radical (unpaired) electrons. The summed E-state index contributed by atoms with van der Waals surface area (Å²) in [5.41, 5.74) is 2.46. The minimum absolute atomic E-state index is 0.679. The van der Waals surface area contributed by atoms with Crippen molar-refractivity contribution in [3.05, 3.63) is 46.5 Å². The topological polar surface area (TPSA) is 28.2 Å². The predicted molar refractivity (Wildman–Crippen MR) is 91.9 cm³/mol. The van der Waals surface area contributed by atoms with Gasteiger partial charge in [0.2, 0.25) is 0 Å². The van der Waals surface area contributed by atoms with Crippen LogP contribution in [0.5, 0.6) is 0 Å². The lowest BCUT2D eigenvalue weighted by Crippen LogP contribution is -2.18. The zero-order chi connectivity index (χ0) is 15.2. The SMILES string of the molecule is Cc1nc(N(C)Cc2ccccc2)sc1CNCC(C)C. The molecule has 114 valence electrons. The van der Waals surface area contributed by atoms with Crippen molar-refractivity contribution in [2.75, 3.05) is 18.5 Å². The number of thiazole rings is 1. The molecule has 1 aromatic carbocycles. The maximum atomic E-state index is 4.71. The Labute approximate surface area is 132 Å². The molecule has 0 saturated heterocycles. The van der Waals surface area contributed by atoms with Gasteiger partial charge >= 0.3 is 0 Å². The number of hydrogen-bond donors (Lipinski definition) is 1. The average Bonchev–Trinajstić information content (AvgIpc) is 2.81. The van der Waals surface area contributed by atoms with Crippen LogP contribution in [0.15, 0.2) is 30.3 Å². The number of nitrogens with one attached hydrogen (secondary N) is 1. The second kappa shape index (κ2) is 7.57. The Balaban J connectivity index is 1.97. The first kappa shape index (κ1) is 16.0. The molecule has 2 rings (SSSR count). The van der Waals surface area contributed by atoms with Gasteiger partial charge in [0.15, 0.2) is 5.13 Å². The van der Waals surface area contributed by atoms with E-state index in [2.05, 4.69) is 68.4 Å². The molecule has 0 amide bonds. The molecule has 0 aliphatic carbocycles. The van der Waals surface area contributed by atoms with E-state index in [0.29, 0.717) is 5.92 Å². The second-order valence-corrected chi connectivity index (χ2v) is 6.93. The summed E-state index contributed by atoms with van der Waals surface area (Å²) in [5, 5.41) is 4.59. The van der Waals surface area contributed by atoms with Gasteiger partial charge in [-0.3, -0.25) is 0 Å². The number of hydrogen-bond acceptors (Lipinski definition) is 4. The van der Waals surface area contributed by atoms with Gasteiger partial charge in [0.25, 0.3) is 0 Å². The summed E-state index contributed by atoms with van der Waals surface area (Å²) in [6, 6.07) is 10.5. The van der Waals surface area contributed by atoms with Gasteiger partial charge < -0.3 is 10.2 Å². The van der Waals surface area contributed by atoms with Crippen LogP contribution >= 0.6 is 11.3 Å². The molecule has 0 aliphatic heterocycles. The van der Waals surface area contributed by atoms with Crippen LogP contribution in [0, 0.1) is 12.8 Å². The lowest BCUT2D eigenvalue weighted by molar-refractivity contribution is 0.554. The minimum Gasteiger partial charge on any atom is -0.347 e. The molecule has 1 aromatic heterocycles. The quantitative estimate of drug-likeness (QED) is 0.842. The van der Waals surface area contributed by atoms with Crippen molar-refractivity contribution >= 4 is 16.5 Å². The molecule has 0 fully saturated rings. The van der Waals surface area contributed by atoms with Crippen LogP contribution in [0.4, 0.5) is 5.13 Å². The highest BCUT2D eigenvalue weighted by molar-refractivity contribution is 7.15. The van der Waals surface area contributed by atoms with Crippen molar-refractivity contribution < 1.29 is 0 Å². The molecule has 1 N–H and O–H groups in total. The van der Waals surface area contributed by atoms with Crippen molar-refractivity contribution in [3.8, 4) is 0 Å². The number of nitrogens with zero attached hydrogens (tertiary/aromatic N) is 2. The largest absolute Gasteiger partial charge is 0.347 e. The fraction of sp³-hybridized carbons (Fsp3) is 0.471. The highest BCUT2D eigenvalue weighted by Crippen LogP contribution is 2.26. The van der Waals surface area contributed by atoms with E-state index < -0.39 is 0 Å². The van der Waals surface area contributed by atoms with E-state index in [1.165, 1.54) is 10.4 Å². The normalized spacial score (nSPS) is 11.1. The summed E-state index contributed by atoms with van der Waals surface area (Å²) in [6.07, 6.45) is 0. The highest BCUT2D eigenvalue weighted by Gasteiger charge is 2.11. The Hall–Kier alpha value is -1.39. The first-order chi connectivity index (χ1) is 10.1. The van der Waals surface area contributed by atoms with Crippen LogP contribution in [0.2, 0.25) is 0 Å². The molecule has 2 aromatic rings. The number of aryl methyl sites for hydroxylation is 1. The Morgan fingerprint density at radius 2 is 1.95 bits per heavy atom. The summed E-state index contributed by atoms with van der Waals surface area (Å²) < 4.78 is 0. The van der Waals surface area contributed by atoms with E-state index in [1.54, 1.807) is 11.3 Å². The van der Waals surface area contributed by atoms with Crippen molar-refractivity contribution in [2.24, 2.45) is 5.92 Å². The maximum Gasteiger partial charge on any atom is 0.185 e.